The van der Waals surface area contributed by atoms with Gasteiger partial charge in [-0.1, -0.05) is 0 Å². The Morgan fingerprint density at radius 3 is 1.35 bits per heavy atom. The molecule has 8 nitrogen and oxygen atoms in total. The number of ketones is 4. The summed E-state index contributed by atoms with van der Waals surface area (Å²) in [5, 5.41) is 36.8. The minimum atomic E-state index is -3.44. The maximum Gasteiger partial charge on any atom is 0.287 e. The SMILES string of the molecule is CC12C(=O)C(O)(O)C(=O)C1C(=O)C(O)(O)C2=O. The van der Waals surface area contributed by atoms with E-state index < -0.39 is 46.0 Å². The molecule has 0 bridgehead atoms. The molecule has 92 valence electrons. The molecule has 0 aliphatic heterocycles. The molecule has 0 amide bonds. The minimum Gasteiger partial charge on any atom is -0.354 e. The first kappa shape index (κ1) is 12.0. The zero-order valence-corrected chi connectivity index (χ0v) is 8.50. The summed E-state index contributed by atoms with van der Waals surface area (Å²) in [7, 11) is 0. The van der Waals surface area contributed by atoms with Gasteiger partial charge in [0.25, 0.3) is 11.6 Å². The van der Waals surface area contributed by atoms with Crippen LogP contribution >= 0.6 is 0 Å². The van der Waals surface area contributed by atoms with Gasteiger partial charge in [0.2, 0.25) is 23.1 Å². The van der Waals surface area contributed by atoms with Crippen LogP contribution in [0.4, 0.5) is 0 Å². The summed E-state index contributed by atoms with van der Waals surface area (Å²) in [4.78, 5) is 46.0. The Labute approximate surface area is 93.5 Å². The van der Waals surface area contributed by atoms with E-state index in [0.717, 1.165) is 6.92 Å². The molecule has 2 aliphatic rings. The molecule has 2 aliphatic carbocycles. The topological polar surface area (TPSA) is 149 Å². The van der Waals surface area contributed by atoms with E-state index in [0.29, 0.717) is 0 Å². The minimum absolute atomic E-state index is 0.806. The lowest BCUT2D eigenvalue weighted by Crippen LogP contribution is -2.52. The monoisotopic (exact) mass is 244 g/mol. The predicted molar refractivity (Wildman–Crippen MR) is 46.0 cm³/mol. The Morgan fingerprint density at radius 1 is 0.824 bits per heavy atom. The second kappa shape index (κ2) is 2.67. The molecule has 2 fully saturated rings. The Kier molecular flexibility index (Phi) is 1.88. The van der Waals surface area contributed by atoms with Gasteiger partial charge in [0.15, 0.2) is 0 Å². The second-order valence-electron chi connectivity index (χ2n) is 4.37. The van der Waals surface area contributed by atoms with Gasteiger partial charge in [-0.15, -0.1) is 0 Å². The van der Waals surface area contributed by atoms with Crippen molar-refractivity contribution in [2.24, 2.45) is 11.3 Å². The fourth-order valence-corrected chi connectivity index (χ4v) is 2.36. The third kappa shape index (κ3) is 0.967. The van der Waals surface area contributed by atoms with Crippen molar-refractivity contribution in [2.75, 3.05) is 0 Å². The van der Waals surface area contributed by atoms with Crippen LogP contribution in [0.3, 0.4) is 0 Å². The van der Waals surface area contributed by atoms with Crippen molar-refractivity contribution >= 4 is 23.1 Å². The van der Waals surface area contributed by atoms with Gasteiger partial charge in [-0.05, 0) is 6.92 Å². The lowest BCUT2D eigenvalue weighted by molar-refractivity contribution is -0.196. The summed E-state index contributed by atoms with van der Waals surface area (Å²) in [5.74, 6) is -15.4. The average Bonchev–Trinajstić information content (AvgIpc) is 2.45. The fraction of sp³-hybridized carbons (Fsp3) is 0.556. The quantitative estimate of drug-likeness (QED) is 0.251. The number of aliphatic hydroxyl groups is 4. The van der Waals surface area contributed by atoms with Gasteiger partial charge in [-0.3, -0.25) is 19.2 Å². The number of rotatable bonds is 0. The van der Waals surface area contributed by atoms with Gasteiger partial charge in [-0.25, -0.2) is 0 Å². The standard InChI is InChI=1S/C9H8O8/c1-7-2(3(10)8(14,15)5(7)12)4(11)9(16,17)6(7)13/h2,14-17H,1H3. The number of hydrogen-bond acceptors (Lipinski definition) is 8. The average molecular weight is 244 g/mol. The Bertz CT molecular complexity index is 445. The van der Waals surface area contributed by atoms with Crippen LogP contribution in [0.15, 0.2) is 0 Å². The third-order valence-electron chi connectivity index (χ3n) is 3.37. The van der Waals surface area contributed by atoms with E-state index >= 15 is 0 Å². The highest BCUT2D eigenvalue weighted by molar-refractivity contribution is 6.40. The second-order valence-corrected chi connectivity index (χ2v) is 4.37. The number of Topliss-reactive ketones (excluding diaryl/α,β-unsaturated/α-hetero) is 4. The first-order valence-electron chi connectivity index (χ1n) is 4.58. The van der Waals surface area contributed by atoms with Gasteiger partial charge in [0.05, 0.1) is 0 Å². The number of fused-ring (bicyclic) bond motifs is 1. The van der Waals surface area contributed by atoms with Crippen molar-refractivity contribution in [3.05, 3.63) is 0 Å². The first-order chi connectivity index (χ1) is 7.50. The van der Waals surface area contributed by atoms with E-state index in [1.54, 1.807) is 0 Å². The normalized spacial score (nSPS) is 38.8. The summed E-state index contributed by atoms with van der Waals surface area (Å²) >= 11 is 0. The maximum atomic E-state index is 11.6. The van der Waals surface area contributed by atoms with E-state index in [9.17, 15) is 39.6 Å². The van der Waals surface area contributed by atoms with E-state index in [1.807, 2.05) is 0 Å². The zero-order chi connectivity index (χ0) is 13.4. The van der Waals surface area contributed by atoms with Crippen molar-refractivity contribution in [2.45, 2.75) is 18.5 Å². The first-order valence-corrected chi connectivity index (χ1v) is 4.58. The van der Waals surface area contributed by atoms with E-state index in [1.165, 1.54) is 0 Å². The molecule has 0 atom stereocenters. The Balaban J connectivity index is 2.72. The van der Waals surface area contributed by atoms with Crippen molar-refractivity contribution in [3.63, 3.8) is 0 Å². The van der Waals surface area contributed by atoms with Crippen LogP contribution in [-0.4, -0.2) is 55.1 Å². The molecule has 4 N–H and O–H groups in total. The maximum absolute atomic E-state index is 11.6. The molecular weight excluding hydrogens is 236 g/mol. The zero-order valence-electron chi connectivity index (χ0n) is 8.50. The van der Waals surface area contributed by atoms with Crippen LogP contribution in [0.1, 0.15) is 6.92 Å². The van der Waals surface area contributed by atoms with E-state index in [2.05, 4.69) is 0 Å². The highest BCUT2D eigenvalue weighted by Gasteiger charge is 2.80. The van der Waals surface area contributed by atoms with E-state index in [4.69, 9.17) is 0 Å². The van der Waals surface area contributed by atoms with Crippen molar-refractivity contribution in [3.8, 4) is 0 Å². The molecular formula is C9H8O8. The summed E-state index contributed by atoms with van der Waals surface area (Å²) in [6, 6.07) is 0. The van der Waals surface area contributed by atoms with Crippen LogP contribution in [0.2, 0.25) is 0 Å². The highest BCUT2D eigenvalue weighted by Crippen LogP contribution is 2.51. The smallest absolute Gasteiger partial charge is 0.287 e. The van der Waals surface area contributed by atoms with Crippen molar-refractivity contribution in [1.82, 2.24) is 0 Å². The highest BCUT2D eigenvalue weighted by atomic mass is 16.5. The van der Waals surface area contributed by atoms with Gasteiger partial charge < -0.3 is 20.4 Å². The van der Waals surface area contributed by atoms with Crippen LogP contribution < -0.4 is 0 Å². The third-order valence-corrected chi connectivity index (χ3v) is 3.37. The summed E-state index contributed by atoms with van der Waals surface area (Å²) in [6.45, 7) is 0.806. The van der Waals surface area contributed by atoms with Gasteiger partial charge in [0, 0.05) is 0 Å². The number of carbonyl (C=O) groups is 4. The lowest BCUT2D eigenvalue weighted by Gasteiger charge is -2.20. The molecule has 17 heavy (non-hydrogen) atoms. The molecule has 8 heteroatoms. The molecule has 0 spiro atoms. The van der Waals surface area contributed by atoms with E-state index in [-0.39, 0.29) is 0 Å². The molecule has 0 aromatic rings. The molecule has 2 saturated carbocycles. The molecule has 0 radical (unpaired) electrons. The fourth-order valence-electron chi connectivity index (χ4n) is 2.36. The molecule has 0 unspecified atom stereocenters. The van der Waals surface area contributed by atoms with Crippen LogP contribution in [0, 0.1) is 11.3 Å². The van der Waals surface area contributed by atoms with Gasteiger partial charge >= 0.3 is 0 Å². The molecule has 0 heterocycles. The Morgan fingerprint density at radius 2 is 1.12 bits per heavy atom. The van der Waals surface area contributed by atoms with Crippen molar-refractivity contribution in [1.29, 1.82) is 0 Å². The molecule has 0 saturated heterocycles. The van der Waals surface area contributed by atoms with Crippen LogP contribution in [0.25, 0.3) is 0 Å². The summed E-state index contributed by atoms with van der Waals surface area (Å²) < 4.78 is 0. The molecule has 0 aromatic carbocycles. The lowest BCUT2D eigenvalue weighted by atomic mass is 9.80. The largest absolute Gasteiger partial charge is 0.354 e. The summed E-state index contributed by atoms with van der Waals surface area (Å²) in [6.07, 6.45) is 0. The van der Waals surface area contributed by atoms with Gasteiger partial charge in [0.1, 0.15) is 11.3 Å². The Hall–Kier alpha value is -1.48. The van der Waals surface area contributed by atoms with Crippen molar-refractivity contribution < 1.29 is 39.6 Å². The van der Waals surface area contributed by atoms with Crippen LogP contribution in [-0.2, 0) is 19.2 Å². The summed E-state index contributed by atoms with van der Waals surface area (Å²) in [5.41, 5.74) is -2.44. The van der Waals surface area contributed by atoms with Gasteiger partial charge in [-0.2, -0.15) is 0 Å². The van der Waals surface area contributed by atoms with Crippen LogP contribution in [0.5, 0.6) is 0 Å². The molecule has 0 aromatic heterocycles. The predicted octanol–water partition coefficient (Wildman–Crippen LogP) is -3.73. The number of hydrogen-bond donors (Lipinski definition) is 4. The number of carbonyl (C=O) groups excluding carboxylic acids is 4. The molecule has 2 rings (SSSR count).